The summed E-state index contributed by atoms with van der Waals surface area (Å²) in [4.78, 5) is 14.9. The molecule has 0 radical (unpaired) electrons. The number of hydrogen-bond donors (Lipinski definition) is 0. The minimum absolute atomic E-state index is 0.0296. The molecule has 5 heteroatoms. The molecule has 120 valence electrons. The highest BCUT2D eigenvalue weighted by Crippen LogP contribution is 2.39. The maximum absolute atomic E-state index is 13.1. The third-order valence-corrected chi connectivity index (χ3v) is 6.18. The molecule has 2 rings (SSSR count). The minimum Gasteiger partial charge on any atom is -0.462 e. The number of carbonyl (C=O) groups excluding carboxylic acids is 1. The van der Waals surface area contributed by atoms with Gasteiger partial charge in [0.15, 0.2) is 0 Å². The lowest BCUT2D eigenvalue weighted by Gasteiger charge is -2.36. The minimum atomic E-state index is -0.398. The van der Waals surface area contributed by atoms with E-state index in [1.807, 2.05) is 25.6 Å². The van der Waals surface area contributed by atoms with E-state index in [4.69, 9.17) is 17.0 Å². The highest BCUT2D eigenvalue weighted by molar-refractivity contribution is 7.99. The molecule has 3 nitrogen and oxygen atoms in total. The molecule has 0 aromatic heterocycles. The van der Waals surface area contributed by atoms with Crippen molar-refractivity contribution in [1.29, 1.82) is 0 Å². The van der Waals surface area contributed by atoms with Gasteiger partial charge in [-0.1, -0.05) is 26.7 Å². The van der Waals surface area contributed by atoms with Crippen LogP contribution in [0.3, 0.4) is 0 Å². The Hall–Kier alpha value is -0.290. The van der Waals surface area contributed by atoms with Crippen LogP contribution in [0.1, 0.15) is 53.4 Å². The Morgan fingerprint density at radius 1 is 1.38 bits per heavy atom. The maximum Gasteiger partial charge on any atom is 0.267 e. The highest BCUT2D eigenvalue weighted by Gasteiger charge is 2.51. The van der Waals surface area contributed by atoms with Crippen LogP contribution in [0.2, 0.25) is 0 Å². The van der Waals surface area contributed by atoms with Crippen LogP contribution >= 0.6 is 24.0 Å². The van der Waals surface area contributed by atoms with Crippen molar-refractivity contribution in [1.82, 2.24) is 4.90 Å². The number of amides is 1. The first kappa shape index (κ1) is 17.1. The Balaban J connectivity index is 2.25. The van der Waals surface area contributed by atoms with Crippen LogP contribution in [0, 0.1) is 11.8 Å². The number of carbonyl (C=O) groups is 1. The number of thioether (sulfide) groups is 1. The molecular weight excluding hydrogens is 302 g/mol. The van der Waals surface area contributed by atoms with E-state index in [1.165, 1.54) is 6.42 Å². The summed E-state index contributed by atoms with van der Waals surface area (Å²) in [6, 6.07) is 0.0296. The van der Waals surface area contributed by atoms with Crippen molar-refractivity contribution in [2.24, 2.45) is 11.8 Å². The number of hydrogen-bond acceptors (Lipinski definition) is 4. The summed E-state index contributed by atoms with van der Waals surface area (Å²) in [6.07, 6.45) is 6.60. The molecule has 0 aromatic carbocycles. The average molecular weight is 330 g/mol. The summed E-state index contributed by atoms with van der Waals surface area (Å²) in [5, 5.41) is 0.791. The lowest BCUT2D eigenvalue weighted by atomic mass is 9.85. The van der Waals surface area contributed by atoms with Crippen LogP contribution in [0.15, 0.2) is 0 Å². The monoisotopic (exact) mass is 329 g/mol. The van der Waals surface area contributed by atoms with Gasteiger partial charge >= 0.3 is 0 Å². The second-order valence-electron chi connectivity index (χ2n) is 7.03. The largest absolute Gasteiger partial charge is 0.462 e. The van der Waals surface area contributed by atoms with Crippen molar-refractivity contribution in [3.05, 3.63) is 0 Å². The molecule has 1 aliphatic heterocycles. The zero-order valence-corrected chi connectivity index (χ0v) is 15.4. The second kappa shape index (κ2) is 6.45. The zero-order chi connectivity index (χ0) is 15.8. The van der Waals surface area contributed by atoms with Gasteiger partial charge in [-0.15, -0.1) is 0 Å². The molecule has 0 spiro atoms. The lowest BCUT2D eigenvalue weighted by Crippen LogP contribution is -2.51. The Labute approximate surface area is 138 Å². The Kier molecular flexibility index (Phi) is 5.24. The summed E-state index contributed by atoms with van der Waals surface area (Å²) in [5.74, 6) is 0.592. The van der Waals surface area contributed by atoms with Gasteiger partial charge in [-0.25, -0.2) is 0 Å². The molecule has 0 N–H and O–H groups in total. The molecule has 0 bridgehead atoms. The topological polar surface area (TPSA) is 29.5 Å². The van der Waals surface area contributed by atoms with Crippen LogP contribution < -0.4 is 0 Å². The molecule has 3 atom stereocenters. The van der Waals surface area contributed by atoms with Crippen LogP contribution in [0.4, 0.5) is 0 Å². The first-order valence-corrected chi connectivity index (χ1v) is 9.58. The van der Waals surface area contributed by atoms with Gasteiger partial charge in [-0.3, -0.25) is 9.69 Å². The fraction of sp³-hybridized carbons (Fsp3) is 0.875. The predicted molar refractivity (Wildman–Crippen MR) is 92.5 cm³/mol. The van der Waals surface area contributed by atoms with Gasteiger partial charge in [0, 0.05) is 5.25 Å². The third-order valence-electron chi connectivity index (χ3n) is 4.73. The summed E-state index contributed by atoms with van der Waals surface area (Å²) >= 11 is 7.20. The van der Waals surface area contributed by atoms with Gasteiger partial charge in [0.2, 0.25) is 5.91 Å². The maximum atomic E-state index is 13.1. The van der Waals surface area contributed by atoms with Crippen molar-refractivity contribution < 1.29 is 9.53 Å². The van der Waals surface area contributed by atoms with Gasteiger partial charge < -0.3 is 4.74 Å². The number of thiocarbonyl (C=S) groups is 1. The molecule has 0 unspecified atom stereocenters. The van der Waals surface area contributed by atoms with Crippen LogP contribution in [-0.4, -0.2) is 39.1 Å². The van der Waals surface area contributed by atoms with Gasteiger partial charge in [0.25, 0.3) is 5.17 Å². The molecular formula is C16H27NO2S2. The highest BCUT2D eigenvalue weighted by atomic mass is 32.2. The molecule has 1 saturated carbocycles. The Morgan fingerprint density at radius 3 is 2.57 bits per heavy atom. The molecule has 2 aliphatic rings. The van der Waals surface area contributed by atoms with Gasteiger partial charge in [0.1, 0.15) is 5.60 Å². The normalized spacial score (nSPS) is 32.4. The molecule has 1 amide bonds. The molecule has 21 heavy (non-hydrogen) atoms. The van der Waals surface area contributed by atoms with Crippen molar-refractivity contribution in [3.63, 3.8) is 0 Å². The predicted octanol–water partition coefficient (Wildman–Crippen LogP) is 3.86. The van der Waals surface area contributed by atoms with Crippen molar-refractivity contribution in [2.75, 3.05) is 6.26 Å². The fourth-order valence-corrected chi connectivity index (χ4v) is 5.33. The number of ether oxygens (including phenoxy) is 1. The van der Waals surface area contributed by atoms with Crippen LogP contribution in [0.25, 0.3) is 0 Å². The Morgan fingerprint density at radius 2 is 2.00 bits per heavy atom. The lowest BCUT2D eigenvalue weighted by molar-refractivity contribution is -0.134. The number of nitrogens with zero attached hydrogens (tertiary/aromatic N) is 1. The van der Waals surface area contributed by atoms with E-state index in [-0.39, 0.29) is 17.9 Å². The van der Waals surface area contributed by atoms with E-state index in [9.17, 15) is 4.79 Å². The van der Waals surface area contributed by atoms with Crippen LogP contribution in [-0.2, 0) is 9.53 Å². The van der Waals surface area contributed by atoms with E-state index >= 15 is 0 Å². The molecule has 1 saturated heterocycles. The van der Waals surface area contributed by atoms with Gasteiger partial charge in [-0.05, 0) is 51.1 Å². The number of rotatable bonds is 3. The summed E-state index contributed by atoms with van der Waals surface area (Å²) < 4.78 is 5.85. The van der Waals surface area contributed by atoms with E-state index in [1.54, 1.807) is 4.90 Å². The molecule has 1 heterocycles. The van der Waals surface area contributed by atoms with E-state index < -0.39 is 5.60 Å². The Bertz CT molecular complexity index is 423. The molecule has 0 aromatic rings. The summed E-state index contributed by atoms with van der Waals surface area (Å²) in [5.41, 5.74) is -0.398. The summed E-state index contributed by atoms with van der Waals surface area (Å²) in [7, 11) is 0. The van der Waals surface area contributed by atoms with Crippen molar-refractivity contribution in [3.8, 4) is 0 Å². The molecule has 2 fully saturated rings. The molecule has 1 aliphatic carbocycles. The van der Waals surface area contributed by atoms with Crippen molar-refractivity contribution in [2.45, 2.75) is 70.3 Å². The fourth-order valence-electron chi connectivity index (χ4n) is 3.93. The van der Waals surface area contributed by atoms with E-state index in [0.717, 1.165) is 19.3 Å². The standard InChI is InChI=1S/C16H27NO2S2/c1-10(2)13-16(3,4)19-15(20)17(13)14(18)11-8-6-7-9-12(11)21-5/h10-13H,6-9H2,1-5H3/t11-,12-,13+/m1/s1. The first-order chi connectivity index (χ1) is 9.79. The summed E-state index contributed by atoms with van der Waals surface area (Å²) in [6.45, 7) is 8.34. The van der Waals surface area contributed by atoms with E-state index in [0.29, 0.717) is 16.3 Å². The van der Waals surface area contributed by atoms with Gasteiger partial charge in [-0.2, -0.15) is 11.8 Å². The zero-order valence-electron chi connectivity index (χ0n) is 13.7. The SMILES string of the molecule is CS[C@@H]1CCCC[C@H]1C(=O)N1C(=S)OC(C)(C)[C@@H]1C(C)C. The van der Waals surface area contributed by atoms with E-state index in [2.05, 4.69) is 20.1 Å². The second-order valence-corrected chi connectivity index (χ2v) is 8.46. The third kappa shape index (κ3) is 3.24. The van der Waals surface area contributed by atoms with Gasteiger partial charge in [0.05, 0.1) is 12.0 Å². The van der Waals surface area contributed by atoms with Crippen LogP contribution in [0.5, 0.6) is 0 Å². The average Bonchev–Trinajstić information content (AvgIpc) is 2.67. The van der Waals surface area contributed by atoms with Crippen molar-refractivity contribution >= 4 is 35.1 Å². The first-order valence-electron chi connectivity index (χ1n) is 7.88. The quantitative estimate of drug-likeness (QED) is 0.736. The smallest absolute Gasteiger partial charge is 0.267 e.